The number of nitrogens with zero attached hydrogens (tertiary/aromatic N) is 2. The fourth-order valence-corrected chi connectivity index (χ4v) is 4.18. The first-order chi connectivity index (χ1) is 12.8. The van der Waals surface area contributed by atoms with Crippen molar-refractivity contribution in [3.05, 3.63) is 64.7 Å². The van der Waals surface area contributed by atoms with Gasteiger partial charge in [0.1, 0.15) is 0 Å². The molecule has 0 saturated heterocycles. The van der Waals surface area contributed by atoms with Crippen molar-refractivity contribution >= 4 is 33.2 Å². The van der Waals surface area contributed by atoms with Gasteiger partial charge in [-0.05, 0) is 42.8 Å². The third kappa shape index (κ3) is 5.15. The van der Waals surface area contributed by atoms with E-state index in [1.165, 1.54) is 16.4 Å². The topological polar surface area (TPSA) is 78.8 Å². The number of carbonyl (C=O) groups excluding carboxylic acids is 1. The molecule has 1 amide bonds. The summed E-state index contributed by atoms with van der Waals surface area (Å²) in [4.78, 5) is 12.5. The summed E-state index contributed by atoms with van der Waals surface area (Å²) in [5.74, 6) is -0.493. The van der Waals surface area contributed by atoms with E-state index in [9.17, 15) is 13.2 Å². The minimum atomic E-state index is -3.63. The summed E-state index contributed by atoms with van der Waals surface area (Å²) in [6.45, 7) is 6.00. The fourth-order valence-electron chi connectivity index (χ4n) is 2.49. The Bertz CT molecular complexity index is 954. The molecule has 0 aliphatic rings. The van der Waals surface area contributed by atoms with E-state index >= 15 is 0 Å². The Morgan fingerprint density at radius 1 is 1.07 bits per heavy atom. The van der Waals surface area contributed by atoms with E-state index < -0.39 is 15.9 Å². The van der Waals surface area contributed by atoms with Gasteiger partial charge in [0.15, 0.2) is 0 Å². The molecule has 2 aromatic rings. The molecule has 0 spiro atoms. The normalized spacial score (nSPS) is 12.3. The van der Waals surface area contributed by atoms with Crippen LogP contribution in [0.15, 0.2) is 58.5 Å². The van der Waals surface area contributed by atoms with Crippen LogP contribution in [0.5, 0.6) is 0 Å². The van der Waals surface area contributed by atoms with Gasteiger partial charge in [0.2, 0.25) is 10.0 Å². The Labute approximate surface area is 164 Å². The SMILES string of the molecule is CCN(CC)S(=O)(=O)c1cccc(C(=O)N/N=C(\C)c2cccc(Cl)c2)c1. The highest BCUT2D eigenvalue weighted by Crippen LogP contribution is 2.17. The molecule has 0 aliphatic heterocycles. The van der Waals surface area contributed by atoms with E-state index in [1.807, 2.05) is 6.07 Å². The number of hydrogen-bond donors (Lipinski definition) is 1. The van der Waals surface area contributed by atoms with E-state index in [2.05, 4.69) is 10.5 Å². The fraction of sp³-hybridized carbons (Fsp3) is 0.263. The number of halogens is 1. The molecular weight excluding hydrogens is 386 g/mol. The molecule has 2 rings (SSSR count). The van der Waals surface area contributed by atoms with Gasteiger partial charge in [-0.2, -0.15) is 9.41 Å². The van der Waals surface area contributed by atoms with Crippen LogP contribution >= 0.6 is 11.6 Å². The van der Waals surface area contributed by atoms with Crippen LogP contribution in [0.2, 0.25) is 5.02 Å². The van der Waals surface area contributed by atoms with Crippen molar-refractivity contribution in [1.82, 2.24) is 9.73 Å². The lowest BCUT2D eigenvalue weighted by molar-refractivity contribution is 0.0954. The van der Waals surface area contributed by atoms with Crippen molar-refractivity contribution < 1.29 is 13.2 Å². The van der Waals surface area contributed by atoms with Crippen molar-refractivity contribution in [2.45, 2.75) is 25.7 Å². The number of nitrogens with one attached hydrogen (secondary N) is 1. The first-order valence-electron chi connectivity index (χ1n) is 8.50. The Kier molecular flexibility index (Phi) is 7.12. The molecule has 8 heteroatoms. The Hall–Kier alpha value is -2.22. The highest BCUT2D eigenvalue weighted by molar-refractivity contribution is 7.89. The molecule has 0 radical (unpaired) electrons. The molecule has 0 aromatic heterocycles. The minimum Gasteiger partial charge on any atom is -0.267 e. The van der Waals surface area contributed by atoms with Crippen LogP contribution in [0.4, 0.5) is 0 Å². The van der Waals surface area contributed by atoms with E-state index in [1.54, 1.807) is 51.1 Å². The van der Waals surface area contributed by atoms with Crippen molar-refractivity contribution in [3.63, 3.8) is 0 Å². The highest BCUT2D eigenvalue weighted by Gasteiger charge is 2.22. The summed E-state index contributed by atoms with van der Waals surface area (Å²) in [7, 11) is -3.63. The number of hydrazone groups is 1. The lowest BCUT2D eigenvalue weighted by Crippen LogP contribution is -2.30. The first-order valence-corrected chi connectivity index (χ1v) is 10.3. The zero-order valence-corrected chi connectivity index (χ0v) is 17.0. The lowest BCUT2D eigenvalue weighted by atomic mass is 10.1. The van der Waals surface area contributed by atoms with Crippen molar-refractivity contribution in [1.29, 1.82) is 0 Å². The zero-order valence-electron chi connectivity index (χ0n) is 15.4. The summed E-state index contributed by atoms with van der Waals surface area (Å²) >= 11 is 5.95. The quantitative estimate of drug-likeness (QED) is 0.563. The average molecular weight is 408 g/mol. The molecule has 27 heavy (non-hydrogen) atoms. The van der Waals surface area contributed by atoms with Crippen LogP contribution in [0.25, 0.3) is 0 Å². The van der Waals surface area contributed by atoms with Crippen molar-refractivity contribution in [3.8, 4) is 0 Å². The monoisotopic (exact) mass is 407 g/mol. The Balaban J connectivity index is 2.22. The van der Waals surface area contributed by atoms with Crippen LogP contribution in [-0.4, -0.2) is 37.4 Å². The highest BCUT2D eigenvalue weighted by atomic mass is 35.5. The van der Waals surface area contributed by atoms with Gasteiger partial charge in [0, 0.05) is 23.7 Å². The standard InChI is InChI=1S/C19H22ClN3O3S/c1-4-23(5-2)27(25,26)18-11-7-9-16(13-18)19(24)22-21-14(3)15-8-6-10-17(20)12-15/h6-13H,4-5H2,1-3H3,(H,22,24)/b21-14+. The second kappa shape index (κ2) is 9.12. The molecule has 1 N–H and O–H groups in total. The average Bonchev–Trinajstić information content (AvgIpc) is 2.66. The maximum absolute atomic E-state index is 12.6. The molecule has 144 valence electrons. The van der Waals surface area contributed by atoms with Gasteiger partial charge in [-0.15, -0.1) is 0 Å². The molecule has 0 bridgehead atoms. The van der Waals surface area contributed by atoms with Gasteiger partial charge < -0.3 is 0 Å². The maximum Gasteiger partial charge on any atom is 0.271 e. The number of sulfonamides is 1. The number of rotatable bonds is 7. The molecule has 0 heterocycles. The molecule has 6 nitrogen and oxygen atoms in total. The Morgan fingerprint density at radius 3 is 2.33 bits per heavy atom. The zero-order chi connectivity index (χ0) is 20.0. The molecule has 0 unspecified atom stereocenters. The largest absolute Gasteiger partial charge is 0.271 e. The number of carbonyl (C=O) groups is 1. The van der Waals surface area contributed by atoms with Gasteiger partial charge in [0.05, 0.1) is 10.6 Å². The van der Waals surface area contributed by atoms with E-state index in [0.717, 1.165) is 5.56 Å². The number of amides is 1. The molecule has 2 aromatic carbocycles. The summed E-state index contributed by atoms with van der Waals surface area (Å²) in [5, 5.41) is 4.64. The minimum absolute atomic E-state index is 0.0781. The van der Waals surface area contributed by atoms with Gasteiger partial charge in [0.25, 0.3) is 5.91 Å². The van der Waals surface area contributed by atoms with Crippen LogP contribution in [0, 0.1) is 0 Å². The van der Waals surface area contributed by atoms with E-state index in [0.29, 0.717) is 23.8 Å². The van der Waals surface area contributed by atoms with Crippen LogP contribution in [0.1, 0.15) is 36.7 Å². The van der Waals surface area contributed by atoms with Crippen LogP contribution < -0.4 is 5.43 Å². The predicted octanol–water partition coefficient (Wildman–Crippen LogP) is 3.52. The van der Waals surface area contributed by atoms with Crippen molar-refractivity contribution in [2.75, 3.05) is 13.1 Å². The third-order valence-corrected chi connectivity index (χ3v) is 6.29. The third-order valence-electron chi connectivity index (χ3n) is 4.01. The maximum atomic E-state index is 12.6. The van der Waals surface area contributed by atoms with E-state index in [-0.39, 0.29) is 10.5 Å². The molecule has 0 aliphatic carbocycles. The second-order valence-electron chi connectivity index (χ2n) is 5.77. The predicted molar refractivity (Wildman–Crippen MR) is 108 cm³/mol. The molecule has 0 fully saturated rings. The number of hydrogen-bond acceptors (Lipinski definition) is 4. The first kappa shape index (κ1) is 21.1. The molecule has 0 atom stereocenters. The smallest absolute Gasteiger partial charge is 0.267 e. The summed E-state index contributed by atoms with van der Waals surface area (Å²) in [6.07, 6.45) is 0. The number of benzene rings is 2. The van der Waals surface area contributed by atoms with Gasteiger partial charge in [-0.25, -0.2) is 13.8 Å². The van der Waals surface area contributed by atoms with Crippen LogP contribution in [0.3, 0.4) is 0 Å². The summed E-state index contributed by atoms with van der Waals surface area (Å²) in [6, 6.07) is 13.0. The van der Waals surface area contributed by atoms with Gasteiger partial charge >= 0.3 is 0 Å². The van der Waals surface area contributed by atoms with Crippen molar-refractivity contribution in [2.24, 2.45) is 5.10 Å². The van der Waals surface area contributed by atoms with Crippen LogP contribution in [-0.2, 0) is 10.0 Å². The summed E-state index contributed by atoms with van der Waals surface area (Å²) < 4.78 is 26.6. The van der Waals surface area contributed by atoms with E-state index in [4.69, 9.17) is 11.6 Å². The Morgan fingerprint density at radius 2 is 1.70 bits per heavy atom. The summed E-state index contributed by atoms with van der Waals surface area (Å²) in [5.41, 5.74) is 4.02. The lowest BCUT2D eigenvalue weighted by Gasteiger charge is -2.18. The van der Waals surface area contributed by atoms with Gasteiger partial charge in [-0.1, -0.05) is 43.6 Å². The second-order valence-corrected chi connectivity index (χ2v) is 8.14. The van der Waals surface area contributed by atoms with Gasteiger partial charge in [-0.3, -0.25) is 4.79 Å². The molecular formula is C19H22ClN3O3S. The molecule has 0 saturated carbocycles.